The summed E-state index contributed by atoms with van der Waals surface area (Å²) >= 11 is 13.3. The molecule has 0 atom stereocenters. The topological polar surface area (TPSA) is 60.4 Å². The maximum Gasteiger partial charge on any atom is 0.291 e. The van der Waals surface area contributed by atoms with E-state index < -0.39 is 0 Å². The number of fused-ring (bicyclic) bond motifs is 1. The summed E-state index contributed by atoms with van der Waals surface area (Å²) in [6.45, 7) is 2.00. The Morgan fingerprint density at radius 2 is 1.90 bits per heavy atom. The minimum atomic E-state index is -0.228. The molecule has 0 radical (unpaired) electrons. The first kappa shape index (κ1) is 19.1. The van der Waals surface area contributed by atoms with Crippen LogP contribution >= 0.6 is 34.5 Å². The highest BCUT2D eigenvalue weighted by molar-refractivity contribution is 7.15. The van der Waals surface area contributed by atoms with Crippen LogP contribution in [0, 0.1) is 6.92 Å². The molecule has 0 amide bonds. The van der Waals surface area contributed by atoms with Crippen LogP contribution in [-0.2, 0) is 0 Å². The van der Waals surface area contributed by atoms with Crippen molar-refractivity contribution in [3.63, 3.8) is 0 Å². The van der Waals surface area contributed by atoms with Crippen LogP contribution in [0.2, 0.25) is 10.0 Å². The van der Waals surface area contributed by atoms with Gasteiger partial charge in [-0.3, -0.25) is 4.79 Å². The third-order valence-corrected chi connectivity index (χ3v) is 6.26. The van der Waals surface area contributed by atoms with Gasteiger partial charge in [-0.2, -0.15) is 9.50 Å². The number of furan rings is 1. The molecule has 0 aliphatic heterocycles. The zero-order chi connectivity index (χ0) is 20.8. The molecule has 3 aromatic heterocycles. The van der Waals surface area contributed by atoms with Gasteiger partial charge in [0.2, 0.25) is 4.96 Å². The molecule has 0 saturated heterocycles. The smallest absolute Gasteiger partial charge is 0.291 e. The number of aromatic nitrogens is 3. The highest BCUT2D eigenvalue weighted by Crippen LogP contribution is 2.29. The molecular formula is C22H13Cl2N3O2S. The summed E-state index contributed by atoms with van der Waals surface area (Å²) in [6.07, 6.45) is 1.69. The first-order valence-corrected chi connectivity index (χ1v) is 10.6. The van der Waals surface area contributed by atoms with E-state index in [1.54, 1.807) is 24.3 Å². The summed E-state index contributed by atoms with van der Waals surface area (Å²) in [5.74, 6) is 1.72. The molecule has 0 unspecified atom stereocenters. The third-order valence-electron chi connectivity index (χ3n) is 4.56. The van der Waals surface area contributed by atoms with Crippen LogP contribution in [-0.4, -0.2) is 14.6 Å². The predicted octanol–water partition coefficient (Wildman–Crippen LogP) is 5.24. The lowest BCUT2D eigenvalue weighted by Gasteiger charge is -1.99. The molecule has 3 heterocycles. The molecule has 5 aromatic rings. The number of benzene rings is 2. The summed E-state index contributed by atoms with van der Waals surface area (Å²) in [5.41, 5.74) is 2.57. The predicted molar refractivity (Wildman–Crippen MR) is 120 cm³/mol. The van der Waals surface area contributed by atoms with Crippen molar-refractivity contribution in [2.24, 2.45) is 0 Å². The van der Waals surface area contributed by atoms with Crippen molar-refractivity contribution in [1.29, 1.82) is 0 Å². The van der Waals surface area contributed by atoms with Crippen LogP contribution in [0.3, 0.4) is 0 Å². The lowest BCUT2D eigenvalue weighted by atomic mass is 10.1. The highest BCUT2D eigenvalue weighted by Gasteiger charge is 2.13. The lowest BCUT2D eigenvalue weighted by molar-refractivity contribution is 0.571. The highest BCUT2D eigenvalue weighted by atomic mass is 35.5. The van der Waals surface area contributed by atoms with Crippen LogP contribution in [0.15, 0.2) is 63.8 Å². The maximum atomic E-state index is 12.8. The minimum Gasteiger partial charge on any atom is -0.457 e. The van der Waals surface area contributed by atoms with Gasteiger partial charge in [0.1, 0.15) is 16.1 Å². The van der Waals surface area contributed by atoms with Gasteiger partial charge in [-0.25, -0.2) is 0 Å². The second kappa shape index (κ2) is 7.40. The van der Waals surface area contributed by atoms with Crippen LogP contribution in [0.25, 0.3) is 33.7 Å². The Kier molecular flexibility index (Phi) is 4.70. The molecule has 148 valence electrons. The SMILES string of the molecule is Cc1cccc(-c2nc3s/c(=C\c4ccc(-c5ccc(Cl)c(Cl)c5)o4)c(=O)n3n2)c1. The van der Waals surface area contributed by atoms with E-state index in [9.17, 15) is 4.79 Å². The van der Waals surface area contributed by atoms with E-state index in [-0.39, 0.29) is 5.56 Å². The monoisotopic (exact) mass is 453 g/mol. The Labute approximate surface area is 184 Å². The molecule has 0 fully saturated rings. The molecule has 5 nitrogen and oxygen atoms in total. The van der Waals surface area contributed by atoms with Crippen LogP contribution in [0.4, 0.5) is 0 Å². The molecule has 0 saturated carbocycles. The van der Waals surface area contributed by atoms with Crippen molar-refractivity contribution in [3.8, 4) is 22.7 Å². The van der Waals surface area contributed by atoms with Gasteiger partial charge in [0.25, 0.3) is 5.56 Å². The van der Waals surface area contributed by atoms with Gasteiger partial charge in [0, 0.05) is 17.2 Å². The second-order valence-corrected chi connectivity index (χ2v) is 8.57. The van der Waals surface area contributed by atoms with Gasteiger partial charge in [0.15, 0.2) is 5.82 Å². The maximum absolute atomic E-state index is 12.8. The molecule has 0 aliphatic rings. The van der Waals surface area contributed by atoms with Crippen LogP contribution < -0.4 is 10.1 Å². The average Bonchev–Trinajstić information content (AvgIpc) is 3.42. The standard InChI is InChI=1S/C22H13Cl2N3O2S/c1-12-3-2-4-14(9-12)20-25-22-27(26-20)21(28)19(30-22)11-15-6-8-18(29-15)13-5-7-16(23)17(24)10-13/h2-11H,1H3/b19-11-. The summed E-state index contributed by atoms with van der Waals surface area (Å²) in [6, 6.07) is 16.8. The molecule has 0 spiro atoms. The lowest BCUT2D eigenvalue weighted by Crippen LogP contribution is -2.23. The first-order valence-electron chi connectivity index (χ1n) is 9.01. The number of rotatable bonds is 3. The van der Waals surface area contributed by atoms with Gasteiger partial charge >= 0.3 is 0 Å². The van der Waals surface area contributed by atoms with Gasteiger partial charge in [-0.05, 0) is 43.3 Å². The fourth-order valence-electron chi connectivity index (χ4n) is 3.10. The fourth-order valence-corrected chi connectivity index (χ4v) is 4.29. The molecular weight excluding hydrogens is 441 g/mol. The van der Waals surface area contributed by atoms with E-state index in [2.05, 4.69) is 10.1 Å². The quantitative estimate of drug-likeness (QED) is 0.374. The zero-order valence-electron chi connectivity index (χ0n) is 15.6. The molecule has 8 heteroatoms. The van der Waals surface area contributed by atoms with E-state index in [1.165, 1.54) is 15.9 Å². The Bertz CT molecular complexity index is 1520. The van der Waals surface area contributed by atoms with Crippen molar-refractivity contribution in [3.05, 3.63) is 90.9 Å². The van der Waals surface area contributed by atoms with E-state index in [4.69, 9.17) is 27.6 Å². The molecule has 5 rings (SSSR count). The Morgan fingerprint density at radius 1 is 1.03 bits per heavy atom. The van der Waals surface area contributed by atoms with Crippen molar-refractivity contribution in [2.75, 3.05) is 0 Å². The Hall–Kier alpha value is -2.93. The Balaban J connectivity index is 1.51. The van der Waals surface area contributed by atoms with Crippen molar-refractivity contribution in [1.82, 2.24) is 14.6 Å². The number of nitrogens with zero attached hydrogens (tertiary/aromatic N) is 3. The third kappa shape index (κ3) is 3.43. The molecule has 30 heavy (non-hydrogen) atoms. The summed E-state index contributed by atoms with van der Waals surface area (Å²) in [5, 5.41) is 5.31. The van der Waals surface area contributed by atoms with E-state index >= 15 is 0 Å². The first-order chi connectivity index (χ1) is 14.5. The molecule has 2 aromatic carbocycles. The molecule has 0 N–H and O–H groups in total. The minimum absolute atomic E-state index is 0.228. The summed E-state index contributed by atoms with van der Waals surface area (Å²) < 4.78 is 7.69. The number of thiazole rings is 1. The van der Waals surface area contributed by atoms with Crippen molar-refractivity contribution < 1.29 is 4.42 Å². The van der Waals surface area contributed by atoms with Gasteiger partial charge in [-0.1, -0.05) is 58.3 Å². The normalized spacial score (nSPS) is 12.2. The molecule has 0 aliphatic carbocycles. The van der Waals surface area contributed by atoms with Crippen molar-refractivity contribution in [2.45, 2.75) is 6.92 Å². The van der Waals surface area contributed by atoms with E-state index in [1.807, 2.05) is 43.3 Å². The number of hydrogen-bond donors (Lipinski definition) is 0. The summed E-state index contributed by atoms with van der Waals surface area (Å²) in [4.78, 5) is 17.8. The van der Waals surface area contributed by atoms with Crippen LogP contribution in [0.5, 0.6) is 0 Å². The van der Waals surface area contributed by atoms with E-state index in [0.29, 0.717) is 36.9 Å². The average molecular weight is 454 g/mol. The molecule has 0 bridgehead atoms. The zero-order valence-corrected chi connectivity index (χ0v) is 17.9. The largest absolute Gasteiger partial charge is 0.457 e. The van der Waals surface area contributed by atoms with Gasteiger partial charge in [0.05, 0.1) is 10.0 Å². The van der Waals surface area contributed by atoms with Crippen molar-refractivity contribution >= 4 is 45.6 Å². The van der Waals surface area contributed by atoms with Crippen LogP contribution in [0.1, 0.15) is 11.3 Å². The summed E-state index contributed by atoms with van der Waals surface area (Å²) in [7, 11) is 0. The fraction of sp³-hybridized carbons (Fsp3) is 0.0455. The number of hydrogen-bond acceptors (Lipinski definition) is 5. The number of halogens is 2. The van der Waals surface area contributed by atoms with Gasteiger partial charge in [-0.15, -0.1) is 5.10 Å². The number of aryl methyl sites for hydroxylation is 1. The van der Waals surface area contributed by atoms with Gasteiger partial charge < -0.3 is 4.42 Å². The second-order valence-electron chi connectivity index (χ2n) is 6.75. The van der Waals surface area contributed by atoms with E-state index in [0.717, 1.165) is 16.7 Å². The Morgan fingerprint density at radius 3 is 2.67 bits per heavy atom.